The number of piperazine rings is 1. The molecule has 1 saturated carbocycles. The summed E-state index contributed by atoms with van der Waals surface area (Å²) >= 11 is 1.49. The highest BCUT2D eigenvalue weighted by Gasteiger charge is 2.22. The van der Waals surface area contributed by atoms with Gasteiger partial charge in [-0.15, -0.1) is 0 Å². The van der Waals surface area contributed by atoms with Gasteiger partial charge in [0, 0.05) is 63.6 Å². The average molecular weight is 423 g/mol. The molecule has 1 aromatic heterocycles. The standard InChI is InChI=1S/C20H34N6O2S/c1-3-17-23-20(29-24-17)26-14-12-25(13-15-26)19(21-4-2)22-11-7-10-18(27)28-16-8-5-6-9-16/h16H,3-15H2,1-2H3,(H,21,22). The van der Waals surface area contributed by atoms with Crippen molar-refractivity contribution in [2.45, 2.75) is 64.9 Å². The van der Waals surface area contributed by atoms with E-state index in [4.69, 9.17) is 9.73 Å². The molecule has 1 aliphatic heterocycles. The van der Waals surface area contributed by atoms with Crippen LogP contribution in [0.25, 0.3) is 0 Å². The summed E-state index contributed by atoms with van der Waals surface area (Å²) in [7, 11) is 0. The van der Waals surface area contributed by atoms with Gasteiger partial charge in [0.15, 0.2) is 5.96 Å². The Hall–Kier alpha value is -1.90. The number of guanidine groups is 1. The number of carbonyl (C=O) groups excluding carboxylic acids is 1. The fourth-order valence-corrected chi connectivity index (χ4v) is 4.51. The number of anilines is 1. The number of hydrogen-bond acceptors (Lipinski definition) is 7. The molecule has 0 spiro atoms. The molecule has 8 nitrogen and oxygen atoms in total. The van der Waals surface area contributed by atoms with Gasteiger partial charge in [-0.3, -0.25) is 9.79 Å². The Labute approximate surface area is 177 Å². The van der Waals surface area contributed by atoms with E-state index >= 15 is 0 Å². The van der Waals surface area contributed by atoms with Gasteiger partial charge in [0.25, 0.3) is 0 Å². The monoisotopic (exact) mass is 422 g/mol. The zero-order valence-corrected chi connectivity index (χ0v) is 18.5. The van der Waals surface area contributed by atoms with E-state index in [0.29, 0.717) is 13.0 Å². The molecule has 0 aromatic carbocycles. The quantitative estimate of drug-likeness (QED) is 0.298. The highest BCUT2D eigenvalue weighted by molar-refractivity contribution is 7.09. The third-order valence-corrected chi connectivity index (χ3v) is 6.17. The average Bonchev–Trinajstić information content (AvgIpc) is 3.42. The van der Waals surface area contributed by atoms with Gasteiger partial charge in [-0.25, -0.2) is 4.98 Å². The number of hydrogen-bond donors (Lipinski definition) is 1. The summed E-state index contributed by atoms with van der Waals surface area (Å²) in [6.07, 6.45) is 6.62. The van der Waals surface area contributed by atoms with Crippen LogP contribution in [0.3, 0.4) is 0 Å². The molecule has 0 amide bonds. The predicted molar refractivity (Wildman–Crippen MR) is 117 cm³/mol. The number of aliphatic imine (C=N–C) groups is 1. The van der Waals surface area contributed by atoms with E-state index in [-0.39, 0.29) is 12.1 Å². The van der Waals surface area contributed by atoms with Crippen molar-refractivity contribution in [3.05, 3.63) is 5.82 Å². The van der Waals surface area contributed by atoms with Gasteiger partial charge in [0.05, 0.1) is 0 Å². The predicted octanol–water partition coefficient (Wildman–Crippen LogP) is 2.45. The third-order valence-electron chi connectivity index (χ3n) is 5.36. The molecule has 2 aliphatic rings. The maximum atomic E-state index is 12.0. The molecular formula is C20H34N6O2S. The molecule has 0 atom stereocenters. The first-order valence-electron chi connectivity index (χ1n) is 11.0. The molecule has 9 heteroatoms. The summed E-state index contributed by atoms with van der Waals surface area (Å²) in [5.74, 6) is 1.78. The lowest BCUT2D eigenvalue weighted by molar-refractivity contribution is -0.148. The molecule has 0 radical (unpaired) electrons. The van der Waals surface area contributed by atoms with Gasteiger partial charge in [-0.1, -0.05) is 6.92 Å². The minimum absolute atomic E-state index is 0.0748. The lowest BCUT2D eigenvalue weighted by Gasteiger charge is -2.36. The minimum atomic E-state index is -0.0748. The van der Waals surface area contributed by atoms with E-state index in [2.05, 4.69) is 38.3 Å². The summed E-state index contributed by atoms with van der Waals surface area (Å²) in [6, 6.07) is 0. The maximum Gasteiger partial charge on any atom is 0.306 e. The van der Waals surface area contributed by atoms with Gasteiger partial charge in [-0.2, -0.15) is 4.37 Å². The number of nitrogens with zero attached hydrogens (tertiary/aromatic N) is 5. The Morgan fingerprint density at radius 2 is 2.00 bits per heavy atom. The lowest BCUT2D eigenvalue weighted by Crippen LogP contribution is -2.52. The second kappa shape index (κ2) is 11.3. The Balaban J connectivity index is 1.42. The van der Waals surface area contributed by atoms with Crippen LogP contribution in [0.15, 0.2) is 4.99 Å². The van der Waals surface area contributed by atoms with E-state index in [9.17, 15) is 4.79 Å². The van der Waals surface area contributed by atoms with Gasteiger partial charge < -0.3 is 19.9 Å². The Morgan fingerprint density at radius 1 is 1.24 bits per heavy atom. The van der Waals surface area contributed by atoms with Crippen LogP contribution in [0.4, 0.5) is 5.13 Å². The number of esters is 1. The summed E-state index contributed by atoms with van der Waals surface area (Å²) < 4.78 is 9.91. The van der Waals surface area contributed by atoms with E-state index in [1.807, 2.05) is 0 Å². The van der Waals surface area contributed by atoms with Crippen LogP contribution in [-0.2, 0) is 16.0 Å². The Morgan fingerprint density at radius 3 is 2.66 bits per heavy atom. The van der Waals surface area contributed by atoms with Crippen LogP contribution < -0.4 is 10.2 Å². The van der Waals surface area contributed by atoms with Crippen molar-refractivity contribution < 1.29 is 9.53 Å². The Kier molecular flexibility index (Phi) is 8.52. The van der Waals surface area contributed by atoms with Crippen LogP contribution in [0.1, 0.15) is 58.2 Å². The van der Waals surface area contributed by atoms with Crippen LogP contribution in [0.5, 0.6) is 0 Å². The van der Waals surface area contributed by atoms with Gasteiger partial charge >= 0.3 is 5.97 Å². The molecule has 1 saturated heterocycles. The van der Waals surface area contributed by atoms with Crippen molar-refractivity contribution in [2.75, 3.05) is 44.2 Å². The van der Waals surface area contributed by atoms with Gasteiger partial charge in [0.1, 0.15) is 11.9 Å². The fraction of sp³-hybridized carbons (Fsp3) is 0.800. The highest BCUT2D eigenvalue weighted by atomic mass is 32.1. The number of nitrogens with one attached hydrogen (secondary N) is 1. The zero-order valence-electron chi connectivity index (χ0n) is 17.7. The number of aromatic nitrogens is 2. The second-order valence-corrected chi connectivity index (χ2v) is 8.29. The molecule has 29 heavy (non-hydrogen) atoms. The molecule has 0 bridgehead atoms. The molecule has 3 rings (SSSR count). The van der Waals surface area contributed by atoms with Crippen molar-refractivity contribution in [1.29, 1.82) is 0 Å². The molecular weight excluding hydrogens is 388 g/mol. The maximum absolute atomic E-state index is 12.0. The van der Waals surface area contributed by atoms with Gasteiger partial charge in [0.2, 0.25) is 5.13 Å². The number of ether oxygens (including phenoxy) is 1. The summed E-state index contributed by atoms with van der Waals surface area (Å²) in [6.45, 7) is 9.26. The number of aryl methyl sites for hydroxylation is 1. The number of rotatable bonds is 8. The zero-order chi connectivity index (χ0) is 20.5. The van der Waals surface area contributed by atoms with Crippen LogP contribution in [0.2, 0.25) is 0 Å². The van der Waals surface area contributed by atoms with Crippen molar-refractivity contribution >= 4 is 28.6 Å². The molecule has 2 heterocycles. The molecule has 162 valence electrons. The first-order chi connectivity index (χ1) is 14.2. The van der Waals surface area contributed by atoms with Crippen molar-refractivity contribution in [1.82, 2.24) is 19.6 Å². The molecule has 1 aliphatic carbocycles. The van der Waals surface area contributed by atoms with E-state index in [0.717, 1.165) is 75.3 Å². The first kappa shape index (κ1) is 21.8. The fourth-order valence-electron chi connectivity index (χ4n) is 3.71. The normalized spacial score (nSPS) is 18.3. The Bertz CT molecular complexity index is 666. The van der Waals surface area contributed by atoms with Crippen molar-refractivity contribution in [2.24, 2.45) is 4.99 Å². The largest absolute Gasteiger partial charge is 0.462 e. The lowest BCUT2D eigenvalue weighted by atomic mass is 10.3. The number of carbonyl (C=O) groups is 1. The SMILES string of the molecule is CCNC(=NCCCC(=O)OC1CCCC1)N1CCN(c2nc(CC)ns2)CC1. The van der Waals surface area contributed by atoms with Gasteiger partial charge in [-0.05, 0) is 39.0 Å². The minimum Gasteiger partial charge on any atom is -0.462 e. The third kappa shape index (κ3) is 6.55. The smallest absolute Gasteiger partial charge is 0.306 e. The molecule has 1 N–H and O–H groups in total. The summed E-state index contributed by atoms with van der Waals surface area (Å²) in [5.41, 5.74) is 0. The molecule has 2 fully saturated rings. The van der Waals surface area contributed by atoms with E-state index in [1.54, 1.807) is 0 Å². The summed E-state index contributed by atoms with van der Waals surface area (Å²) in [4.78, 5) is 25.9. The molecule has 1 aromatic rings. The van der Waals surface area contributed by atoms with E-state index in [1.165, 1.54) is 24.4 Å². The first-order valence-corrected chi connectivity index (χ1v) is 11.8. The van der Waals surface area contributed by atoms with Crippen LogP contribution in [0, 0.1) is 0 Å². The topological polar surface area (TPSA) is 83.0 Å². The van der Waals surface area contributed by atoms with Crippen LogP contribution in [-0.4, -0.2) is 71.6 Å². The van der Waals surface area contributed by atoms with Crippen molar-refractivity contribution in [3.8, 4) is 0 Å². The molecule has 0 unspecified atom stereocenters. The van der Waals surface area contributed by atoms with Crippen LogP contribution >= 0.6 is 11.5 Å². The second-order valence-electron chi connectivity index (χ2n) is 7.56. The van der Waals surface area contributed by atoms with Crippen molar-refractivity contribution in [3.63, 3.8) is 0 Å². The van der Waals surface area contributed by atoms with E-state index < -0.39 is 0 Å². The highest BCUT2D eigenvalue weighted by Crippen LogP contribution is 2.21. The summed E-state index contributed by atoms with van der Waals surface area (Å²) in [5, 5.41) is 4.40.